The molecule has 2 atom stereocenters. The van der Waals surface area contributed by atoms with Crippen LogP contribution in [0.15, 0.2) is 17.2 Å². The first-order valence-corrected chi connectivity index (χ1v) is 6.67. The molecule has 3 rings (SSSR count). The molecular formula is C13H19N3O2. The first-order chi connectivity index (χ1) is 8.75. The molecule has 1 saturated heterocycles. The zero-order valence-electron chi connectivity index (χ0n) is 10.6. The van der Waals surface area contributed by atoms with Crippen molar-refractivity contribution in [1.29, 1.82) is 0 Å². The van der Waals surface area contributed by atoms with Gasteiger partial charge in [0.05, 0.1) is 6.61 Å². The monoisotopic (exact) mass is 249 g/mol. The average molecular weight is 249 g/mol. The number of hydrogen-bond donors (Lipinski definition) is 1. The zero-order chi connectivity index (χ0) is 12.5. The van der Waals surface area contributed by atoms with E-state index >= 15 is 0 Å². The minimum Gasteiger partial charge on any atom is -0.381 e. The highest BCUT2D eigenvalue weighted by Crippen LogP contribution is 2.33. The molecule has 1 aromatic rings. The van der Waals surface area contributed by atoms with Crippen molar-refractivity contribution in [3.63, 3.8) is 0 Å². The molecule has 1 aromatic heterocycles. The topological polar surface area (TPSA) is 56.1 Å². The quantitative estimate of drug-likeness (QED) is 0.880. The maximum atomic E-state index is 12.2. The molecule has 1 N–H and O–H groups in total. The third-order valence-corrected chi connectivity index (χ3v) is 3.77. The summed E-state index contributed by atoms with van der Waals surface area (Å²) in [5.74, 6) is 0.901. The van der Waals surface area contributed by atoms with Crippen LogP contribution in [0.1, 0.15) is 32.2 Å². The Morgan fingerprint density at radius 2 is 2.28 bits per heavy atom. The lowest BCUT2D eigenvalue weighted by Gasteiger charge is -2.29. The molecule has 98 valence electrons. The van der Waals surface area contributed by atoms with Crippen molar-refractivity contribution in [3.05, 3.63) is 22.7 Å². The van der Waals surface area contributed by atoms with Gasteiger partial charge in [-0.2, -0.15) is 0 Å². The highest BCUT2D eigenvalue weighted by molar-refractivity contribution is 5.33. The van der Waals surface area contributed by atoms with Gasteiger partial charge in [0.15, 0.2) is 5.82 Å². The molecule has 1 aliphatic carbocycles. The van der Waals surface area contributed by atoms with Crippen LogP contribution in [0.25, 0.3) is 0 Å². The summed E-state index contributed by atoms with van der Waals surface area (Å²) in [6, 6.07) is 0.683. The van der Waals surface area contributed by atoms with Gasteiger partial charge in [-0.25, -0.2) is 4.98 Å². The number of nitrogens with zero attached hydrogens (tertiary/aromatic N) is 2. The van der Waals surface area contributed by atoms with Crippen LogP contribution < -0.4 is 10.9 Å². The Bertz CT molecular complexity index is 481. The van der Waals surface area contributed by atoms with Gasteiger partial charge in [-0.05, 0) is 25.2 Å². The molecule has 2 fully saturated rings. The minimum absolute atomic E-state index is 0.0127. The molecule has 18 heavy (non-hydrogen) atoms. The fourth-order valence-electron chi connectivity index (χ4n) is 2.43. The van der Waals surface area contributed by atoms with Gasteiger partial charge in [0.2, 0.25) is 0 Å². The molecule has 0 bridgehead atoms. The first kappa shape index (κ1) is 11.7. The number of ether oxygens (including phenoxy) is 1. The fourth-order valence-corrected chi connectivity index (χ4v) is 2.43. The summed E-state index contributed by atoms with van der Waals surface area (Å²) in [4.78, 5) is 16.4. The van der Waals surface area contributed by atoms with E-state index in [1.54, 1.807) is 17.0 Å². The van der Waals surface area contributed by atoms with Crippen LogP contribution in [0.5, 0.6) is 0 Å². The van der Waals surface area contributed by atoms with Crippen LogP contribution in [0.2, 0.25) is 0 Å². The van der Waals surface area contributed by atoms with E-state index in [0.717, 1.165) is 32.5 Å². The summed E-state index contributed by atoms with van der Waals surface area (Å²) < 4.78 is 7.21. The number of hydrogen-bond acceptors (Lipinski definition) is 4. The van der Waals surface area contributed by atoms with E-state index in [1.807, 2.05) is 0 Å². The number of anilines is 1. The molecule has 2 aliphatic rings. The van der Waals surface area contributed by atoms with Gasteiger partial charge >= 0.3 is 0 Å². The first-order valence-electron chi connectivity index (χ1n) is 6.67. The van der Waals surface area contributed by atoms with E-state index in [2.05, 4.69) is 17.2 Å². The number of aromatic nitrogens is 2. The Balaban J connectivity index is 1.79. The Labute approximate surface area is 106 Å². The molecule has 0 aromatic carbocycles. The van der Waals surface area contributed by atoms with Crippen molar-refractivity contribution < 1.29 is 4.74 Å². The van der Waals surface area contributed by atoms with Crippen molar-refractivity contribution in [2.45, 2.75) is 38.3 Å². The zero-order valence-corrected chi connectivity index (χ0v) is 10.6. The maximum absolute atomic E-state index is 12.2. The lowest BCUT2D eigenvalue weighted by Crippen LogP contribution is -2.38. The molecule has 1 aliphatic heterocycles. The Morgan fingerprint density at radius 1 is 1.44 bits per heavy atom. The maximum Gasteiger partial charge on any atom is 0.293 e. The summed E-state index contributed by atoms with van der Waals surface area (Å²) in [5, 5.41) is 3.30. The van der Waals surface area contributed by atoms with Gasteiger partial charge in [-0.15, -0.1) is 0 Å². The van der Waals surface area contributed by atoms with E-state index in [1.165, 1.54) is 0 Å². The van der Waals surface area contributed by atoms with Crippen molar-refractivity contribution in [1.82, 2.24) is 9.55 Å². The van der Waals surface area contributed by atoms with Gasteiger partial charge in [0.25, 0.3) is 5.56 Å². The van der Waals surface area contributed by atoms with Crippen molar-refractivity contribution in [2.24, 2.45) is 5.92 Å². The van der Waals surface area contributed by atoms with E-state index in [9.17, 15) is 4.79 Å². The highest BCUT2D eigenvalue weighted by Gasteiger charge is 2.27. The molecule has 2 heterocycles. The van der Waals surface area contributed by atoms with Gasteiger partial charge in [-0.3, -0.25) is 4.79 Å². The summed E-state index contributed by atoms with van der Waals surface area (Å²) in [7, 11) is 0. The lowest BCUT2D eigenvalue weighted by molar-refractivity contribution is 0.0536. The van der Waals surface area contributed by atoms with E-state index in [0.29, 0.717) is 17.8 Å². The average Bonchev–Trinajstić information content (AvgIpc) is 3.19. The minimum atomic E-state index is 0.0127. The summed E-state index contributed by atoms with van der Waals surface area (Å²) in [6.07, 6.45) is 6.65. The van der Waals surface area contributed by atoms with Gasteiger partial charge < -0.3 is 14.6 Å². The summed E-state index contributed by atoms with van der Waals surface area (Å²) in [5.41, 5.74) is 0.0127. The Morgan fingerprint density at radius 3 is 3.00 bits per heavy atom. The molecule has 0 spiro atoms. The predicted molar refractivity (Wildman–Crippen MR) is 68.8 cm³/mol. The standard InChI is InChI=1S/C13H19N3O2/c1-9-8-18-7-4-11(9)15-12-13(17)16(6-5-14-12)10-2-3-10/h5-6,9-11H,2-4,7-8H2,1H3,(H,14,15). The SMILES string of the molecule is CC1COCCC1Nc1nccn(C2CC2)c1=O. The smallest absolute Gasteiger partial charge is 0.293 e. The van der Waals surface area contributed by atoms with Crippen LogP contribution in [-0.2, 0) is 4.74 Å². The van der Waals surface area contributed by atoms with Crippen LogP contribution in [-0.4, -0.2) is 28.8 Å². The molecular weight excluding hydrogens is 230 g/mol. The van der Waals surface area contributed by atoms with Crippen molar-refractivity contribution in [3.8, 4) is 0 Å². The van der Waals surface area contributed by atoms with Gasteiger partial charge in [-0.1, -0.05) is 6.92 Å². The molecule has 5 nitrogen and oxygen atoms in total. The highest BCUT2D eigenvalue weighted by atomic mass is 16.5. The third-order valence-electron chi connectivity index (χ3n) is 3.77. The second-order valence-corrected chi connectivity index (χ2v) is 5.31. The summed E-state index contributed by atoms with van der Waals surface area (Å²) in [6.45, 7) is 3.64. The molecule has 0 radical (unpaired) electrons. The van der Waals surface area contributed by atoms with Crippen LogP contribution >= 0.6 is 0 Å². The Kier molecular flexibility index (Phi) is 3.07. The van der Waals surface area contributed by atoms with Crippen LogP contribution in [0, 0.1) is 5.92 Å². The van der Waals surface area contributed by atoms with E-state index in [-0.39, 0.29) is 11.6 Å². The largest absolute Gasteiger partial charge is 0.381 e. The van der Waals surface area contributed by atoms with Gasteiger partial charge in [0, 0.05) is 31.1 Å². The van der Waals surface area contributed by atoms with Gasteiger partial charge in [0.1, 0.15) is 0 Å². The van der Waals surface area contributed by atoms with Crippen molar-refractivity contribution >= 4 is 5.82 Å². The van der Waals surface area contributed by atoms with Crippen LogP contribution in [0.4, 0.5) is 5.82 Å². The normalized spacial score (nSPS) is 28.1. The molecule has 1 saturated carbocycles. The summed E-state index contributed by atoms with van der Waals surface area (Å²) >= 11 is 0. The van der Waals surface area contributed by atoms with E-state index < -0.39 is 0 Å². The predicted octanol–water partition coefficient (Wildman–Crippen LogP) is 1.42. The second-order valence-electron chi connectivity index (χ2n) is 5.31. The molecule has 5 heteroatoms. The number of nitrogens with one attached hydrogen (secondary N) is 1. The number of rotatable bonds is 3. The van der Waals surface area contributed by atoms with Crippen LogP contribution in [0.3, 0.4) is 0 Å². The fraction of sp³-hybridized carbons (Fsp3) is 0.692. The molecule has 2 unspecified atom stereocenters. The molecule has 0 amide bonds. The second kappa shape index (κ2) is 4.72. The van der Waals surface area contributed by atoms with Crippen molar-refractivity contribution in [2.75, 3.05) is 18.5 Å². The lowest BCUT2D eigenvalue weighted by atomic mass is 9.98. The van der Waals surface area contributed by atoms with E-state index in [4.69, 9.17) is 4.74 Å². The third kappa shape index (κ3) is 2.27. The Hall–Kier alpha value is -1.36.